The summed E-state index contributed by atoms with van der Waals surface area (Å²) in [6, 6.07) is -2.65. The molecular formula is C69H126N8O14. The van der Waals surface area contributed by atoms with Crippen molar-refractivity contribution in [3.05, 3.63) is 24.3 Å². The Morgan fingerprint density at radius 1 is 0.374 bits per heavy atom. The Labute approximate surface area is 547 Å². The topological polar surface area (TPSA) is 352 Å². The molecule has 91 heavy (non-hydrogen) atoms. The van der Waals surface area contributed by atoms with Gasteiger partial charge in [-0.1, -0.05) is 154 Å². The molecule has 526 valence electrons. The van der Waals surface area contributed by atoms with Crippen LogP contribution < -0.4 is 44.2 Å². The molecule has 0 aromatic heterocycles. The van der Waals surface area contributed by atoms with Crippen LogP contribution in [0.4, 0.5) is 0 Å². The van der Waals surface area contributed by atoms with Gasteiger partial charge in [-0.15, -0.1) is 0 Å². The number of hydrogen-bond acceptors (Lipinski definition) is 18. The number of allylic oxidation sites excluding steroid dienone is 4. The molecule has 0 aromatic carbocycles. The van der Waals surface area contributed by atoms with Crippen molar-refractivity contribution in [2.24, 2.45) is 22.9 Å². The lowest BCUT2D eigenvalue weighted by Crippen LogP contribution is -2.43. The first-order chi connectivity index (χ1) is 44.2. The maximum Gasteiger partial charge on any atom is 0.328 e. The van der Waals surface area contributed by atoms with Crippen LogP contribution in [-0.2, 0) is 66.8 Å². The number of nitrogens with two attached hydrogens (primary N) is 4. The van der Waals surface area contributed by atoms with Crippen molar-refractivity contribution < 1.29 is 66.8 Å². The predicted molar refractivity (Wildman–Crippen MR) is 358 cm³/mol. The Kier molecular flexibility index (Phi) is 59.5. The van der Waals surface area contributed by atoms with E-state index in [1.165, 1.54) is 77.0 Å². The van der Waals surface area contributed by atoms with E-state index in [0.29, 0.717) is 58.0 Å². The van der Waals surface area contributed by atoms with Crippen LogP contribution in [-0.4, -0.2) is 137 Å². The van der Waals surface area contributed by atoms with Gasteiger partial charge in [0.25, 0.3) is 0 Å². The summed E-state index contributed by atoms with van der Waals surface area (Å²) < 4.78 is 27.4. The number of carbonyl (C=O) groups is 9. The van der Waals surface area contributed by atoms with Gasteiger partial charge in [0.15, 0.2) is 6.10 Å². The molecule has 3 unspecified atom stereocenters. The van der Waals surface area contributed by atoms with E-state index in [2.05, 4.69) is 59.4 Å². The summed E-state index contributed by atoms with van der Waals surface area (Å²) in [6.07, 6.45) is 40.8. The van der Waals surface area contributed by atoms with Crippen molar-refractivity contribution in [1.82, 2.24) is 21.3 Å². The third kappa shape index (κ3) is 57.0. The van der Waals surface area contributed by atoms with Gasteiger partial charge in [-0.05, 0) is 122 Å². The molecule has 0 aromatic rings. The molecular weight excluding hydrogens is 1160 g/mol. The summed E-state index contributed by atoms with van der Waals surface area (Å²) in [7, 11) is 0. The van der Waals surface area contributed by atoms with E-state index >= 15 is 0 Å². The lowest BCUT2D eigenvalue weighted by molar-refractivity contribution is -0.168. The molecule has 0 radical (unpaired) electrons. The largest absolute Gasteiger partial charge is 0.464 e. The second kappa shape index (κ2) is 63.3. The van der Waals surface area contributed by atoms with Crippen LogP contribution in [0.15, 0.2) is 24.3 Å². The van der Waals surface area contributed by atoms with Crippen LogP contribution in [0, 0.1) is 0 Å². The Morgan fingerprint density at radius 3 is 1.23 bits per heavy atom. The molecule has 0 fully saturated rings. The molecule has 0 spiro atoms. The van der Waals surface area contributed by atoms with Crippen molar-refractivity contribution in [3.63, 3.8) is 0 Å². The molecule has 0 heterocycles. The molecule has 4 amide bonds. The lowest BCUT2D eigenvalue weighted by atomic mass is 10.1. The Bertz CT molecular complexity index is 1960. The molecule has 0 aliphatic carbocycles. The second-order valence-corrected chi connectivity index (χ2v) is 23.9. The predicted octanol–water partition coefficient (Wildman–Crippen LogP) is 9.62. The first-order valence-electron chi connectivity index (χ1n) is 35.3. The summed E-state index contributed by atoms with van der Waals surface area (Å²) >= 11 is 0. The van der Waals surface area contributed by atoms with Crippen molar-refractivity contribution in [3.8, 4) is 0 Å². The van der Waals surface area contributed by atoms with Crippen LogP contribution in [0.25, 0.3) is 0 Å². The number of nitrogens with one attached hydrogen (secondary N) is 4. The fourth-order valence-corrected chi connectivity index (χ4v) is 9.68. The number of amides is 4. The highest BCUT2D eigenvalue weighted by Gasteiger charge is 2.26. The van der Waals surface area contributed by atoms with Gasteiger partial charge >= 0.3 is 29.8 Å². The van der Waals surface area contributed by atoms with Crippen LogP contribution in [0.3, 0.4) is 0 Å². The van der Waals surface area contributed by atoms with E-state index in [0.717, 1.165) is 96.3 Å². The van der Waals surface area contributed by atoms with Crippen molar-refractivity contribution in [2.75, 3.05) is 59.2 Å². The zero-order chi connectivity index (χ0) is 67.1. The van der Waals surface area contributed by atoms with E-state index < -0.39 is 72.5 Å². The minimum atomic E-state index is -1.23. The summed E-state index contributed by atoms with van der Waals surface area (Å²) in [6.45, 7) is 4.67. The Morgan fingerprint density at radius 2 is 0.769 bits per heavy atom. The van der Waals surface area contributed by atoms with E-state index in [1.54, 1.807) is 0 Å². The molecule has 22 heteroatoms. The lowest BCUT2D eigenvalue weighted by Gasteiger charge is -2.21. The van der Waals surface area contributed by atoms with Crippen molar-refractivity contribution in [2.45, 2.75) is 301 Å². The molecule has 0 bridgehead atoms. The van der Waals surface area contributed by atoms with E-state index in [9.17, 15) is 43.2 Å². The SMILES string of the molecule is CCCCCCCC/C=C\CCCCCCCC(=O)OC[C@@H](COC(=O)C(CCCCNC(=O)CCC(=O)OCCNC(=O)C(N)CCCCN)NC(=O)CCC(=O)OCCNC(=O)C(N)CCCCN)OC(=O)CCCCCCC/C=C\CCCCCCCC. The third-order valence-corrected chi connectivity index (χ3v) is 15.3. The quantitative estimate of drug-likeness (QED) is 0.0121. The summed E-state index contributed by atoms with van der Waals surface area (Å²) in [5, 5.41) is 10.6. The molecule has 22 nitrogen and oxygen atoms in total. The number of carbonyl (C=O) groups excluding carboxylic acids is 9. The molecule has 0 aliphatic heterocycles. The van der Waals surface area contributed by atoms with E-state index in [-0.39, 0.29) is 96.2 Å². The standard InChI is InChI=1S/C69H126N8O14/c1-3-5-7-9-11-13-15-17-19-21-23-25-27-29-31-42-63(80)89-55-57(91-66(83)43-32-30-28-26-24-22-20-18-16-14-12-10-8-6-4-2)56-90-69(86)60(77-62(79)45-47-65(82)88-54-52-76-68(85)59(73)40-34-37-49-71)41-35-38-50-74-61(78)44-46-64(81)87-53-51-75-67(84)58(72)39-33-36-48-70/h17-20,57-60H,3-16,21-56,70-73H2,1-2H3,(H,74,78)(H,75,84)(H,76,85)(H,77,79)/b19-17-,20-18-/t57-,58?,59?,60?/m0/s1. The van der Waals surface area contributed by atoms with Gasteiger partial charge < -0.3 is 67.9 Å². The smallest absolute Gasteiger partial charge is 0.328 e. The van der Waals surface area contributed by atoms with Gasteiger partial charge in [0, 0.05) is 32.2 Å². The fourth-order valence-electron chi connectivity index (χ4n) is 9.68. The molecule has 12 N–H and O–H groups in total. The van der Waals surface area contributed by atoms with Gasteiger partial charge in [-0.25, -0.2) is 4.79 Å². The van der Waals surface area contributed by atoms with Gasteiger partial charge in [0.1, 0.15) is 32.5 Å². The molecule has 0 aliphatic rings. The van der Waals surface area contributed by atoms with Crippen molar-refractivity contribution in [1.29, 1.82) is 0 Å². The second-order valence-electron chi connectivity index (χ2n) is 23.9. The minimum absolute atomic E-state index is 0.0164. The summed E-state index contributed by atoms with van der Waals surface area (Å²) in [5.74, 6) is -5.01. The highest BCUT2D eigenvalue weighted by molar-refractivity contribution is 5.86. The van der Waals surface area contributed by atoms with Crippen LogP contribution >= 0.6 is 0 Å². The monoisotopic (exact) mass is 1290 g/mol. The van der Waals surface area contributed by atoms with Crippen molar-refractivity contribution >= 4 is 53.5 Å². The Hall–Kier alpha value is -5.45. The Balaban J connectivity index is 5.61. The average molecular weight is 1290 g/mol. The van der Waals surface area contributed by atoms with Gasteiger partial charge in [0.05, 0.1) is 38.0 Å². The number of hydrogen-bond donors (Lipinski definition) is 8. The molecule has 0 saturated heterocycles. The maximum atomic E-state index is 13.8. The first-order valence-corrected chi connectivity index (χ1v) is 35.3. The highest BCUT2D eigenvalue weighted by atomic mass is 16.6. The van der Waals surface area contributed by atoms with E-state index in [1.807, 2.05) is 0 Å². The normalized spacial score (nSPS) is 12.6. The minimum Gasteiger partial charge on any atom is -0.464 e. The number of ether oxygens (including phenoxy) is 5. The highest BCUT2D eigenvalue weighted by Crippen LogP contribution is 2.15. The van der Waals surface area contributed by atoms with Gasteiger partial charge in [-0.2, -0.15) is 0 Å². The third-order valence-electron chi connectivity index (χ3n) is 15.3. The maximum absolute atomic E-state index is 13.8. The first kappa shape index (κ1) is 85.5. The number of rotatable bonds is 64. The number of unbranched alkanes of at least 4 members (excludes halogenated alkanes) is 25. The zero-order valence-corrected chi connectivity index (χ0v) is 56.5. The van der Waals surface area contributed by atoms with Crippen LogP contribution in [0.5, 0.6) is 0 Å². The van der Waals surface area contributed by atoms with Crippen LogP contribution in [0.1, 0.15) is 277 Å². The van der Waals surface area contributed by atoms with Crippen LogP contribution in [0.2, 0.25) is 0 Å². The van der Waals surface area contributed by atoms with Gasteiger partial charge in [0.2, 0.25) is 23.6 Å². The summed E-state index contributed by atoms with van der Waals surface area (Å²) in [4.78, 5) is 115. The fraction of sp³-hybridized carbons (Fsp3) is 0.812. The molecule has 4 atom stereocenters. The average Bonchev–Trinajstić information content (AvgIpc) is 3.75. The zero-order valence-electron chi connectivity index (χ0n) is 56.5. The number of esters is 5. The van der Waals surface area contributed by atoms with Gasteiger partial charge in [-0.3, -0.25) is 38.4 Å². The molecule has 0 rings (SSSR count). The molecule has 0 saturated carbocycles. The summed E-state index contributed by atoms with van der Waals surface area (Å²) in [5.41, 5.74) is 22.8. The van der Waals surface area contributed by atoms with E-state index in [4.69, 9.17) is 46.6 Å².